The molecule has 6 heteroatoms. The molecular formula is C24H30N2O4. The van der Waals surface area contributed by atoms with Crippen molar-refractivity contribution < 1.29 is 19.1 Å². The summed E-state index contributed by atoms with van der Waals surface area (Å²) in [5, 5.41) is 3.40. The van der Waals surface area contributed by atoms with Crippen molar-refractivity contribution in [1.29, 1.82) is 0 Å². The molecule has 1 heterocycles. The Labute approximate surface area is 178 Å². The number of carbonyl (C=O) groups is 2. The maximum Gasteiger partial charge on any atom is 0.338 e. The van der Waals surface area contributed by atoms with Crippen LogP contribution >= 0.6 is 0 Å². The second-order valence-electron chi connectivity index (χ2n) is 8.72. The van der Waals surface area contributed by atoms with Crippen molar-refractivity contribution in [2.45, 2.75) is 45.5 Å². The molecule has 1 N–H and O–H groups in total. The molecule has 2 aromatic rings. The van der Waals surface area contributed by atoms with E-state index in [0.717, 1.165) is 11.3 Å². The van der Waals surface area contributed by atoms with Crippen LogP contribution < -0.4 is 10.1 Å². The first kappa shape index (κ1) is 21.8. The van der Waals surface area contributed by atoms with E-state index in [4.69, 9.17) is 9.47 Å². The Hall–Kier alpha value is -2.86. The van der Waals surface area contributed by atoms with Gasteiger partial charge in [0, 0.05) is 13.5 Å². The van der Waals surface area contributed by atoms with Crippen molar-refractivity contribution in [3.05, 3.63) is 65.7 Å². The van der Waals surface area contributed by atoms with E-state index >= 15 is 0 Å². The number of hydrogen-bond acceptors (Lipinski definition) is 5. The summed E-state index contributed by atoms with van der Waals surface area (Å²) >= 11 is 0. The fraction of sp³-hybridized carbons (Fsp3) is 0.417. The first-order chi connectivity index (χ1) is 14.2. The molecule has 1 amide bonds. The van der Waals surface area contributed by atoms with Crippen LogP contribution in [-0.2, 0) is 16.0 Å². The minimum absolute atomic E-state index is 0.0747. The van der Waals surface area contributed by atoms with Crippen molar-refractivity contribution in [2.75, 3.05) is 14.2 Å². The lowest BCUT2D eigenvalue weighted by atomic mass is 9.92. The number of carbonyl (C=O) groups excluding carboxylic acids is 2. The van der Waals surface area contributed by atoms with Gasteiger partial charge in [0.2, 0.25) is 5.91 Å². The van der Waals surface area contributed by atoms with Crippen molar-refractivity contribution in [1.82, 2.24) is 10.2 Å². The lowest BCUT2D eigenvalue weighted by Crippen LogP contribution is -2.48. The van der Waals surface area contributed by atoms with Gasteiger partial charge >= 0.3 is 5.97 Å². The molecule has 0 unspecified atom stereocenters. The van der Waals surface area contributed by atoms with Gasteiger partial charge in [0.1, 0.15) is 17.9 Å². The summed E-state index contributed by atoms with van der Waals surface area (Å²) in [5.74, 6) is 0.235. The summed E-state index contributed by atoms with van der Waals surface area (Å²) in [6, 6.07) is 15.8. The molecule has 2 aromatic carbocycles. The number of nitrogens with one attached hydrogen (secondary N) is 1. The monoisotopic (exact) mass is 410 g/mol. The molecule has 0 aliphatic carbocycles. The zero-order chi connectivity index (χ0) is 21.9. The first-order valence-corrected chi connectivity index (χ1v) is 10.1. The second kappa shape index (κ2) is 8.88. The van der Waals surface area contributed by atoms with Crippen LogP contribution in [0.2, 0.25) is 0 Å². The molecule has 0 aromatic heterocycles. The standard InChI is InChI=1S/C24H30N2O4/c1-24(2,3)23-25-20(21(27)26(23)4)19(15-16-11-13-18(29-5)14-12-16)30-22(28)17-9-7-6-8-10-17/h6-14,19-20,23,25H,15H2,1-5H3/t19-,20+,23-/m1/s1. The predicted molar refractivity (Wildman–Crippen MR) is 115 cm³/mol. The molecule has 1 fully saturated rings. The molecule has 1 saturated heterocycles. The maximum atomic E-state index is 13.1. The van der Waals surface area contributed by atoms with Gasteiger partial charge in [-0.25, -0.2) is 4.79 Å². The normalized spacial score (nSPS) is 20.2. The molecule has 3 atom stereocenters. The summed E-state index contributed by atoms with van der Waals surface area (Å²) in [4.78, 5) is 27.5. The van der Waals surface area contributed by atoms with Crippen LogP contribution in [0.3, 0.4) is 0 Å². The molecule has 30 heavy (non-hydrogen) atoms. The summed E-state index contributed by atoms with van der Waals surface area (Å²) in [6.07, 6.45) is -0.381. The third-order valence-corrected chi connectivity index (χ3v) is 5.39. The Morgan fingerprint density at radius 3 is 2.27 bits per heavy atom. The number of ether oxygens (including phenoxy) is 2. The van der Waals surface area contributed by atoms with Crippen LogP contribution in [0.5, 0.6) is 5.75 Å². The van der Waals surface area contributed by atoms with Gasteiger partial charge in [-0.15, -0.1) is 0 Å². The van der Waals surface area contributed by atoms with Gasteiger partial charge in [0.05, 0.1) is 18.8 Å². The van der Waals surface area contributed by atoms with Gasteiger partial charge in [-0.1, -0.05) is 51.1 Å². The molecular weight excluding hydrogens is 380 g/mol. The molecule has 0 saturated carbocycles. The quantitative estimate of drug-likeness (QED) is 0.741. The predicted octanol–water partition coefficient (Wildman–Crippen LogP) is 3.27. The largest absolute Gasteiger partial charge is 0.497 e. The van der Waals surface area contributed by atoms with Crippen LogP contribution in [0, 0.1) is 5.41 Å². The highest BCUT2D eigenvalue weighted by Gasteiger charge is 2.46. The van der Waals surface area contributed by atoms with Crippen LogP contribution in [0.4, 0.5) is 0 Å². The Kier molecular flexibility index (Phi) is 6.46. The molecule has 1 aliphatic rings. The van der Waals surface area contributed by atoms with Crippen molar-refractivity contribution >= 4 is 11.9 Å². The number of methoxy groups -OCH3 is 1. The molecule has 0 spiro atoms. The Morgan fingerprint density at radius 1 is 1.10 bits per heavy atom. The highest BCUT2D eigenvalue weighted by Crippen LogP contribution is 2.29. The zero-order valence-electron chi connectivity index (χ0n) is 18.2. The number of hydrogen-bond donors (Lipinski definition) is 1. The molecule has 1 aliphatic heterocycles. The van der Waals surface area contributed by atoms with Crippen molar-refractivity contribution in [2.24, 2.45) is 5.41 Å². The van der Waals surface area contributed by atoms with E-state index in [1.165, 1.54) is 0 Å². The van der Waals surface area contributed by atoms with Crippen molar-refractivity contribution in [3.8, 4) is 5.75 Å². The number of esters is 1. The van der Waals surface area contributed by atoms with Crippen LogP contribution in [0.15, 0.2) is 54.6 Å². The molecule has 0 bridgehead atoms. The average Bonchev–Trinajstić information content (AvgIpc) is 3.03. The Bertz CT molecular complexity index is 874. The molecule has 160 valence electrons. The first-order valence-electron chi connectivity index (χ1n) is 10.1. The molecule has 3 rings (SSSR count). The summed E-state index contributed by atoms with van der Waals surface area (Å²) < 4.78 is 11.1. The Morgan fingerprint density at radius 2 is 1.73 bits per heavy atom. The van der Waals surface area contributed by atoms with E-state index in [-0.39, 0.29) is 17.5 Å². The zero-order valence-corrected chi connectivity index (χ0v) is 18.2. The number of benzene rings is 2. The number of nitrogens with zero attached hydrogens (tertiary/aromatic N) is 1. The minimum atomic E-state index is -0.645. The fourth-order valence-electron chi connectivity index (χ4n) is 3.80. The number of likely N-dealkylation sites (N-methyl/N-ethyl adjacent to an activating group) is 1. The summed E-state index contributed by atoms with van der Waals surface area (Å²) in [6.45, 7) is 6.22. The van der Waals surface area contributed by atoms with Gasteiger partial charge < -0.3 is 14.4 Å². The maximum absolute atomic E-state index is 13.1. The third kappa shape index (κ3) is 4.82. The van der Waals surface area contributed by atoms with Gasteiger partial charge in [-0.05, 0) is 35.2 Å². The SMILES string of the molecule is COc1ccc(C[C@@H](OC(=O)c2ccccc2)[C@@H]2N[C@@H](C(C)(C)C)N(C)C2=O)cc1. The highest BCUT2D eigenvalue weighted by atomic mass is 16.5. The van der Waals surface area contributed by atoms with Crippen LogP contribution in [0.25, 0.3) is 0 Å². The summed E-state index contributed by atoms with van der Waals surface area (Å²) in [5.41, 5.74) is 1.26. The van der Waals surface area contributed by atoms with Crippen molar-refractivity contribution in [3.63, 3.8) is 0 Å². The average molecular weight is 411 g/mol. The number of rotatable bonds is 6. The lowest BCUT2D eigenvalue weighted by Gasteiger charge is -2.32. The topological polar surface area (TPSA) is 67.9 Å². The Balaban J connectivity index is 1.86. The van der Waals surface area contributed by atoms with E-state index in [0.29, 0.717) is 12.0 Å². The van der Waals surface area contributed by atoms with E-state index in [1.807, 2.05) is 30.3 Å². The smallest absolute Gasteiger partial charge is 0.338 e. The minimum Gasteiger partial charge on any atom is -0.497 e. The van der Waals surface area contributed by atoms with Gasteiger partial charge in [0.25, 0.3) is 0 Å². The van der Waals surface area contributed by atoms with Gasteiger partial charge in [-0.3, -0.25) is 10.1 Å². The van der Waals surface area contributed by atoms with E-state index < -0.39 is 18.1 Å². The second-order valence-corrected chi connectivity index (χ2v) is 8.72. The fourth-order valence-corrected chi connectivity index (χ4v) is 3.80. The molecule has 0 radical (unpaired) electrons. The van der Waals surface area contributed by atoms with E-state index in [2.05, 4.69) is 26.1 Å². The van der Waals surface area contributed by atoms with E-state index in [9.17, 15) is 9.59 Å². The number of amides is 1. The summed E-state index contributed by atoms with van der Waals surface area (Å²) in [7, 11) is 3.40. The van der Waals surface area contributed by atoms with Crippen LogP contribution in [-0.4, -0.2) is 49.2 Å². The van der Waals surface area contributed by atoms with Gasteiger partial charge in [0.15, 0.2) is 0 Å². The van der Waals surface area contributed by atoms with Crippen LogP contribution in [0.1, 0.15) is 36.7 Å². The lowest BCUT2D eigenvalue weighted by molar-refractivity contribution is -0.131. The van der Waals surface area contributed by atoms with Gasteiger partial charge in [-0.2, -0.15) is 0 Å². The third-order valence-electron chi connectivity index (χ3n) is 5.39. The molecule has 6 nitrogen and oxygen atoms in total. The highest BCUT2D eigenvalue weighted by molar-refractivity contribution is 5.90. The van der Waals surface area contributed by atoms with E-state index in [1.54, 1.807) is 43.3 Å².